The third-order valence-corrected chi connectivity index (χ3v) is 4.71. The summed E-state index contributed by atoms with van der Waals surface area (Å²) in [5.41, 5.74) is 1.00. The van der Waals surface area contributed by atoms with Crippen molar-refractivity contribution >= 4 is 17.3 Å². The molecule has 0 fully saturated rings. The van der Waals surface area contributed by atoms with Crippen LogP contribution in [-0.2, 0) is 24.4 Å². The van der Waals surface area contributed by atoms with Crippen LogP contribution in [0.5, 0.6) is 0 Å². The second kappa shape index (κ2) is 7.09. The van der Waals surface area contributed by atoms with Crippen LogP contribution in [0.4, 0.5) is 24.5 Å². The molecule has 0 bridgehead atoms. The number of rotatable bonds is 3. The van der Waals surface area contributed by atoms with E-state index in [1.807, 2.05) is 4.90 Å². The van der Waals surface area contributed by atoms with Crippen molar-refractivity contribution in [3.8, 4) is 0 Å². The minimum atomic E-state index is -4.40. The molecule has 2 aromatic rings. The van der Waals surface area contributed by atoms with Crippen molar-refractivity contribution in [3.63, 3.8) is 0 Å². The number of benzene rings is 1. The molecule has 1 atom stereocenters. The van der Waals surface area contributed by atoms with E-state index >= 15 is 0 Å². The van der Waals surface area contributed by atoms with Crippen molar-refractivity contribution < 1.29 is 18.0 Å². The van der Waals surface area contributed by atoms with Gasteiger partial charge in [-0.1, -0.05) is 0 Å². The Morgan fingerprint density at radius 2 is 1.89 bits per heavy atom. The fourth-order valence-corrected chi connectivity index (χ4v) is 3.33. The van der Waals surface area contributed by atoms with Gasteiger partial charge in [-0.2, -0.15) is 13.2 Å². The maximum absolute atomic E-state index is 12.8. The second-order valence-electron chi connectivity index (χ2n) is 6.76. The Kier molecular flexibility index (Phi) is 4.99. The Hall–Kier alpha value is -2.77. The Labute approximate surface area is 154 Å². The highest BCUT2D eigenvalue weighted by Gasteiger charge is 2.31. The van der Waals surface area contributed by atoms with Gasteiger partial charge in [0.25, 0.3) is 5.56 Å². The number of pyridine rings is 1. The predicted octanol–water partition coefficient (Wildman–Crippen LogP) is 2.85. The van der Waals surface area contributed by atoms with E-state index in [9.17, 15) is 22.8 Å². The SMILES string of the molecule is CC(=O)NCC1Cc2c(ccn(C)c2=O)N(c2ccc(C(F)(F)F)cc2)C1. The fraction of sp³-hybridized carbons (Fsp3) is 0.368. The lowest BCUT2D eigenvalue weighted by atomic mass is 9.92. The predicted molar refractivity (Wildman–Crippen MR) is 96.0 cm³/mol. The van der Waals surface area contributed by atoms with Crippen molar-refractivity contribution in [2.45, 2.75) is 19.5 Å². The fourth-order valence-electron chi connectivity index (χ4n) is 3.33. The summed E-state index contributed by atoms with van der Waals surface area (Å²) in [6.45, 7) is 2.30. The molecule has 0 saturated carbocycles. The normalized spacial score (nSPS) is 16.8. The minimum Gasteiger partial charge on any atom is -0.356 e. The lowest BCUT2D eigenvalue weighted by Crippen LogP contribution is -2.41. The van der Waals surface area contributed by atoms with Gasteiger partial charge in [0, 0.05) is 44.5 Å². The number of carbonyl (C=O) groups excluding carboxylic acids is 1. The minimum absolute atomic E-state index is 0.0289. The summed E-state index contributed by atoms with van der Waals surface area (Å²) < 4.78 is 40.0. The molecule has 1 aliphatic rings. The van der Waals surface area contributed by atoms with Gasteiger partial charge < -0.3 is 14.8 Å². The van der Waals surface area contributed by atoms with Crippen LogP contribution in [0.1, 0.15) is 18.1 Å². The molecule has 0 aliphatic carbocycles. The topological polar surface area (TPSA) is 54.3 Å². The van der Waals surface area contributed by atoms with Gasteiger partial charge in [-0.15, -0.1) is 0 Å². The largest absolute Gasteiger partial charge is 0.416 e. The van der Waals surface area contributed by atoms with Crippen molar-refractivity contribution in [3.05, 3.63) is 58.0 Å². The Morgan fingerprint density at radius 3 is 2.48 bits per heavy atom. The third-order valence-electron chi connectivity index (χ3n) is 4.71. The number of aryl methyl sites for hydroxylation is 1. The van der Waals surface area contributed by atoms with Gasteiger partial charge in [-0.3, -0.25) is 9.59 Å². The first-order valence-electron chi connectivity index (χ1n) is 8.54. The van der Waals surface area contributed by atoms with Crippen molar-refractivity contribution in [1.29, 1.82) is 0 Å². The number of amides is 1. The molecule has 1 amide bonds. The molecule has 5 nitrogen and oxygen atoms in total. The van der Waals surface area contributed by atoms with Gasteiger partial charge in [-0.25, -0.2) is 0 Å². The number of anilines is 2. The lowest BCUT2D eigenvalue weighted by molar-refractivity contribution is -0.137. The molecule has 1 aliphatic heterocycles. The van der Waals surface area contributed by atoms with Crippen LogP contribution in [0, 0.1) is 5.92 Å². The summed E-state index contributed by atoms with van der Waals surface area (Å²) in [6.07, 6.45) is -2.26. The molecule has 1 aromatic carbocycles. The standard InChI is InChI=1S/C19H20F3N3O2/c1-12(26)23-10-13-9-16-17(7-8-24(2)18(16)27)25(11-13)15-5-3-14(4-6-15)19(20,21)22/h3-8,13H,9-11H2,1-2H3,(H,23,26). The van der Waals surface area contributed by atoms with E-state index in [1.165, 1.54) is 23.6 Å². The average Bonchev–Trinajstić information content (AvgIpc) is 2.62. The number of hydrogen-bond donors (Lipinski definition) is 1. The summed E-state index contributed by atoms with van der Waals surface area (Å²) in [5.74, 6) is -0.193. The molecular weight excluding hydrogens is 359 g/mol. The number of nitrogens with zero attached hydrogens (tertiary/aromatic N) is 2. The van der Waals surface area contributed by atoms with E-state index in [2.05, 4.69) is 5.32 Å². The smallest absolute Gasteiger partial charge is 0.356 e. The van der Waals surface area contributed by atoms with Gasteiger partial charge in [0.15, 0.2) is 0 Å². The number of fused-ring (bicyclic) bond motifs is 1. The number of halogens is 3. The summed E-state index contributed by atoms with van der Waals surface area (Å²) in [4.78, 5) is 25.6. The number of alkyl halides is 3. The molecule has 2 heterocycles. The van der Waals surface area contributed by atoms with Crippen LogP contribution >= 0.6 is 0 Å². The summed E-state index contributed by atoms with van der Waals surface area (Å²) >= 11 is 0. The lowest BCUT2D eigenvalue weighted by Gasteiger charge is -2.36. The maximum Gasteiger partial charge on any atom is 0.416 e. The molecule has 1 aromatic heterocycles. The average molecular weight is 379 g/mol. The zero-order chi connectivity index (χ0) is 19.8. The Morgan fingerprint density at radius 1 is 1.22 bits per heavy atom. The molecule has 27 heavy (non-hydrogen) atoms. The van der Waals surface area contributed by atoms with Crippen molar-refractivity contribution in [2.24, 2.45) is 13.0 Å². The first-order chi connectivity index (χ1) is 12.7. The highest BCUT2D eigenvalue weighted by molar-refractivity contribution is 5.73. The van der Waals surface area contributed by atoms with Crippen LogP contribution < -0.4 is 15.8 Å². The number of hydrogen-bond acceptors (Lipinski definition) is 3. The summed E-state index contributed by atoms with van der Waals surface area (Å²) in [6, 6.07) is 6.68. The zero-order valence-electron chi connectivity index (χ0n) is 15.0. The molecule has 3 rings (SSSR count). The van der Waals surface area contributed by atoms with Crippen LogP contribution in [0.15, 0.2) is 41.3 Å². The van der Waals surface area contributed by atoms with Crippen molar-refractivity contribution in [1.82, 2.24) is 9.88 Å². The summed E-state index contributed by atoms with van der Waals surface area (Å²) in [5, 5.41) is 2.76. The van der Waals surface area contributed by atoms with Crippen LogP contribution in [0.3, 0.4) is 0 Å². The molecule has 0 radical (unpaired) electrons. The Balaban J connectivity index is 1.99. The monoisotopic (exact) mass is 379 g/mol. The first-order valence-corrected chi connectivity index (χ1v) is 8.54. The van der Waals surface area contributed by atoms with Crippen LogP contribution in [-0.4, -0.2) is 23.6 Å². The number of nitrogens with one attached hydrogen (secondary N) is 1. The molecule has 0 spiro atoms. The van der Waals surface area contributed by atoms with Crippen LogP contribution in [0.25, 0.3) is 0 Å². The van der Waals surface area contributed by atoms with E-state index in [1.54, 1.807) is 19.3 Å². The quantitative estimate of drug-likeness (QED) is 0.892. The number of aromatic nitrogens is 1. The molecule has 0 saturated heterocycles. The second-order valence-corrected chi connectivity index (χ2v) is 6.76. The summed E-state index contributed by atoms with van der Waals surface area (Å²) in [7, 11) is 1.66. The van der Waals surface area contributed by atoms with Crippen molar-refractivity contribution in [2.75, 3.05) is 18.0 Å². The molecule has 1 unspecified atom stereocenters. The third kappa shape index (κ3) is 3.99. The maximum atomic E-state index is 12.8. The molecule has 144 valence electrons. The Bertz CT molecular complexity index is 904. The van der Waals surface area contributed by atoms with Gasteiger partial charge in [-0.05, 0) is 42.7 Å². The zero-order valence-corrected chi connectivity index (χ0v) is 15.0. The van der Waals surface area contributed by atoms with Gasteiger partial charge >= 0.3 is 6.18 Å². The molecular formula is C19H20F3N3O2. The van der Waals surface area contributed by atoms with E-state index in [0.29, 0.717) is 36.4 Å². The van der Waals surface area contributed by atoms with E-state index in [4.69, 9.17) is 0 Å². The number of carbonyl (C=O) groups is 1. The van der Waals surface area contributed by atoms with Gasteiger partial charge in [0.05, 0.1) is 11.3 Å². The van der Waals surface area contributed by atoms with E-state index < -0.39 is 11.7 Å². The highest BCUT2D eigenvalue weighted by atomic mass is 19.4. The van der Waals surface area contributed by atoms with E-state index in [-0.39, 0.29) is 17.4 Å². The molecule has 1 N–H and O–H groups in total. The highest BCUT2D eigenvalue weighted by Crippen LogP contribution is 2.36. The first kappa shape index (κ1) is 19.0. The van der Waals surface area contributed by atoms with Gasteiger partial charge in [0.1, 0.15) is 0 Å². The van der Waals surface area contributed by atoms with E-state index in [0.717, 1.165) is 12.1 Å². The van der Waals surface area contributed by atoms with Gasteiger partial charge in [0.2, 0.25) is 5.91 Å². The molecule has 8 heteroatoms. The van der Waals surface area contributed by atoms with Crippen LogP contribution in [0.2, 0.25) is 0 Å².